The van der Waals surface area contributed by atoms with Crippen molar-refractivity contribution < 1.29 is 4.39 Å². The third-order valence-electron chi connectivity index (χ3n) is 2.63. The van der Waals surface area contributed by atoms with E-state index in [1.807, 2.05) is 6.07 Å². The molecule has 5 heteroatoms. The monoisotopic (exact) mass is 291 g/mol. The van der Waals surface area contributed by atoms with Crippen molar-refractivity contribution in [1.82, 2.24) is 15.3 Å². The van der Waals surface area contributed by atoms with E-state index < -0.39 is 0 Å². The van der Waals surface area contributed by atoms with Gasteiger partial charge in [0, 0.05) is 23.8 Å². The molecule has 0 saturated carbocycles. The summed E-state index contributed by atoms with van der Waals surface area (Å²) in [5, 5.41) is 3.99. The number of aromatic nitrogens is 2. The molecule has 0 aliphatic carbocycles. The topological polar surface area (TPSA) is 37.8 Å². The van der Waals surface area contributed by atoms with Crippen molar-refractivity contribution in [2.45, 2.75) is 30.3 Å². The van der Waals surface area contributed by atoms with E-state index in [-0.39, 0.29) is 5.82 Å². The summed E-state index contributed by atoms with van der Waals surface area (Å²) in [6, 6.07) is 5.31. The Kier molecular flexibility index (Phi) is 5.49. The highest BCUT2D eigenvalue weighted by molar-refractivity contribution is 7.99. The molecule has 20 heavy (non-hydrogen) atoms. The Bertz CT molecular complexity index is 546. The number of nitrogens with zero attached hydrogens (tertiary/aromatic N) is 2. The molecule has 106 valence electrons. The van der Waals surface area contributed by atoms with Gasteiger partial charge in [-0.3, -0.25) is 4.98 Å². The van der Waals surface area contributed by atoms with Gasteiger partial charge in [0.05, 0.1) is 6.20 Å². The first-order valence-corrected chi connectivity index (χ1v) is 7.40. The van der Waals surface area contributed by atoms with Gasteiger partial charge in [0.15, 0.2) is 0 Å². The minimum atomic E-state index is -0.218. The molecule has 0 spiro atoms. The molecule has 0 radical (unpaired) electrons. The van der Waals surface area contributed by atoms with Crippen LogP contribution in [-0.4, -0.2) is 16.5 Å². The SMILES string of the molecule is CC(C)CNCc1ccc(Sc2cnccn2)c(F)c1. The number of hydrogen-bond donors (Lipinski definition) is 1. The van der Waals surface area contributed by atoms with E-state index in [4.69, 9.17) is 0 Å². The Morgan fingerprint density at radius 2 is 2.15 bits per heavy atom. The lowest BCUT2D eigenvalue weighted by molar-refractivity contribution is 0.548. The van der Waals surface area contributed by atoms with E-state index in [0.29, 0.717) is 22.4 Å². The van der Waals surface area contributed by atoms with Gasteiger partial charge in [-0.2, -0.15) is 0 Å². The molecule has 3 nitrogen and oxygen atoms in total. The molecule has 0 atom stereocenters. The van der Waals surface area contributed by atoms with Crippen LogP contribution in [0.25, 0.3) is 0 Å². The zero-order valence-electron chi connectivity index (χ0n) is 11.6. The second-order valence-electron chi connectivity index (χ2n) is 4.94. The molecule has 0 aliphatic rings. The standard InChI is InChI=1S/C15H18FN3S/c1-11(2)8-18-9-12-3-4-14(13(16)7-12)20-15-10-17-5-6-19-15/h3-7,10-11,18H,8-9H2,1-2H3. The fourth-order valence-corrected chi connectivity index (χ4v) is 2.44. The molecule has 2 aromatic rings. The number of rotatable bonds is 6. The van der Waals surface area contributed by atoms with Crippen molar-refractivity contribution in [3.8, 4) is 0 Å². The van der Waals surface area contributed by atoms with Gasteiger partial charge in [0.25, 0.3) is 0 Å². The highest BCUT2D eigenvalue weighted by Gasteiger charge is 2.06. The maximum absolute atomic E-state index is 14.0. The highest BCUT2D eigenvalue weighted by Crippen LogP contribution is 2.28. The van der Waals surface area contributed by atoms with Crippen molar-refractivity contribution in [2.24, 2.45) is 5.92 Å². The zero-order valence-corrected chi connectivity index (χ0v) is 12.5. The Balaban J connectivity index is 1.99. The quantitative estimate of drug-likeness (QED) is 0.884. The van der Waals surface area contributed by atoms with Crippen LogP contribution in [0.1, 0.15) is 19.4 Å². The Morgan fingerprint density at radius 3 is 2.80 bits per heavy atom. The summed E-state index contributed by atoms with van der Waals surface area (Å²) >= 11 is 1.28. The van der Waals surface area contributed by atoms with Crippen LogP contribution < -0.4 is 5.32 Å². The first kappa shape index (κ1) is 14.9. The minimum absolute atomic E-state index is 0.218. The van der Waals surface area contributed by atoms with Crippen LogP contribution in [0.4, 0.5) is 4.39 Å². The van der Waals surface area contributed by atoms with Crippen molar-refractivity contribution in [1.29, 1.82) is 0 Å². The average molecular weight is 291 g/mol. The maximum atomic E-state index is 14.0. The number of hydrogen-bond acceptors (Lipinski definition) is 4. The van der Waals surface area contributed by atoms with E-state index >= 15 is 0 Å². The largest absolute Gasteiger partial charge is 0.312 e. The predicted molar refractivity (Wildman–Crippen MR) is 79.1 cm³/mol. The third-order valence-corrected chi connectivity index (χ3v) is 3.60. The van der Waals surface area contributed by atoms with Crippen LogP contribution in [0, 0.1) is 11.7 Å². The first-order valence-electron chi connectivity index (χ1n) is 6.58. The van der Waals surface area contributed by atoms with E-state index in [1.54, 1.807) is 30.7 Å². The maximum Gasteiger partial charge on any atom is 0.137 e. The van der Waals surface area contributed by atoms with E-state index in [0.717, 1.165) is 12.1 Å². The van der Waals surface area contributed by atoms with Crippen LogP contribution in [0.2, 0.25) is 0 Å². The predicted octanol–water partition coefficient (Wildman–Crippen LogP) is 3.51. The molecule has 1 aromatic heterocycles. The molecule has 0 fully saturated rings. The molecular weight excluding hydrogens is 273 g/mol. The van der Waals surface area contributed by atoms with Gasteiger partial charge >= 0.3 is 0 Å². The molecule has 1 N–H and O–H groups in total. The van der Waals surface area contributed by atoms with Gasteiger partial charge in [0.2, 0.25) is 0 Å². The average Bonchev–Trinajstić information content (AvgIpc) is 2.42. The molecule has 0 amide bonds. The summed E-state index contributed by atoms with van der Waals surface area (Å²) in [6.07, 6.45) is 4.83. The molecule has 2 rings (SSSR count). The lowest BCUT2D eigenvalue weighted by Crippen LogP contribution is -2.18. The number of benzene rings is 1. The Morgan fingerprint density at radius 1 is 1.30 bits per heavy atom. The summed E-state index contributed by atoms with van der Waals surface area (Å²) in [5.41, 5.74) is 0.951. The van der Waals surface area contributed by atoms with Crippen LogP contribution in [0.5, 0.6) is 0 Å². The minimum Gasteiger partial charge on any atom is -0.312 e. The fraction of sp³-hybridized carbons (Fsp3) is 0.333. The molecule has 0 unspecified atom stereocenters. The van der Waals surface area contributed by atoms with Crippen molar-refractivity contribution in [3.63, 3.8) is 0 Å². The zero-order chi connectivity index (χ0) is 14.4. The summed E-state index contributed by atoms with van der Waals surface area (Å²) in [5.74, 6) is 0.371. The van der Waals surface area contributed by atoms with Crippen LogP contribution >= 0.6 is 11.8 Å². The molecule has 0 aliphatic heterocycles. The third kappa shape index (κ3) is 4.58. The van der Waals surface area contributed by atoms with Crippen LogP contribution in [0.15, 0.2) is 46.7 Å². The molecule has 0 bridgehead atoms. The summed E-state index contributed by atoms with van der Waals surface area (Å²) in [4.78, 5) is 8.66. The second-order valence-corrected chi connectivity index (χ2v) is 6.00. The molecular formula is C15H18FN3S. The van der Waals surface area contributed by atoms with Crippen molar-refractivity contribution in [3.05, 3.63) is 48.2 Å². The second kappa shape index (κ2) is 7.36. The summed E-state index contributed by atoms with van der Waals surface area (Å²) < 4.78 is 14.0. The fourth-order valence-electron chi connectivity index (χ4n) is 1.69. The highest BCUT2D eigenvalue weighted by atomic mass is 32.2. The molecule has 0 saturated heterocycles. The van der Waals surface area contributed by atoms with Gasteiger partial charge in [-0.25, -0.2) is 9.37 Å². The van der Waals surface area contributed by atoms with E-state index in [2.05, 4.69) is 29.1 Å². The van der Waals surface area contributed by atoms with Gasteiger partial charge < -0.3 is 5.32 Å². The smallest absolute Gasteiger partial charge is 0.137 e. The Hall–Kier alpha value is -1.46. The van der Waals surface area contributed by atoms with Crippen LogP contribution in [-0.2, 0) is 6.54 Å². The van der Waals surface area contributed by atoms with Crippen LogP contribution in [0.3, 0.4) is 0 Å². The Labute approximate surface area is 123 Å². The molecule has 1 aromatic carbocycles. The van der Waals surface area contributed by atoms with E-state index in [1.165, 1.54) is 11.8 Å². The first-order chi connectivity index (χ1) is 9.65. The lowest BCUT2D eigenvalue weighted by Gasteiger charge is -2.09. The van der Waals surface area contributed by atoms with Gasteiger partial charge in [-0.15, -0.1) is 0 Å². The van der Waals surface area contributed by atoms with Gasteiger partial charge in [0.1, 0.15) is 10.8 Å². The summed E-state index contributed by atoms with van der Waals surface area (Å²) in [7, 11) is 0. The number of halogens is 1. The molecule has 1 heterocycles. The number of nitrogens with one attached hydrogen (secondary N) is 1. The van der Waals surface area contributed by atoms with Crippen molar-refractivity contribution >= 4 is 11.8 Å². The normalized spacial score (nSPS) is 11.0. The summed E-state index contributed by atoms with van der Waals surface area (Å²) in [6.45, 7) is 5.91. The lowest BCUT2D eigenvalue weighted by atomic mass is 10.2. The van der Waals surface area contributed by atoms with Gasteiger partial charge in [-0.1, -0.05) is 31.7 Å². The van der Waals surface area contributed by atoms with Crippen molar-refractivity contribution in [2.75, 3.05) is 6.54 Å². The van der Waals surface area contributed by atoms with Gasteiger partial charge in [-0.05, 0) is 30.2 Å². The van der Waals surface area contributed by atoms with E-state index in [9.17, 15) is 4.39 Å².